The number of hydrogen-bond acceptors (Lipinski definition) is 3. The molecule has 1 amide bonds. The van der Waals surface area contributed by atoms with Crippen LogP contribution < -0.4 is 10.6 Å². The van der Waals surface area contributed by atoms with Crippen LogP contribution in [-0.4, -0.2) is 10.9 Å². The molecule has 1 heterocycles. The molecule has 0 aliphatic rings. The molecule has 0 unspecified atom stereocenters. The Hall–Kier alpha value is -2.56. The molecule has 0 radical (unpaired) electrons. The third-order valence-corrected chi connectivity index (χ3v) is 4.31. The van der Waals surface area contributed by atoms with Crippen LogP contribution in [0.1, 0.15) is 15.9 Å². The van der Waals surface area contributed by atoms with Crippen molar-refractivity contribution >= 4 is 40.5 Å². The molecule has 0 atom stereocenters. The maximum Gasteiger partial charge on any atom is 0.255 e. The lowest BCUT2D eigenvalue weighted by molar-refractivity contribution is 0.102. The monoisotopic (exact) mass is 371 g/mol. The van der Waals surface area contributed by atoms with Crippen LogP contribution in [0.5, 0.6) is 0 Å². The Morgan fingerprint density at radius 1 is 0.880 bits per heavy atom. The van der Waals surface area contributed by atoms with E-state index in [1.54, 1.807) is 30.6 Å². The lowest BCUT2D eigenvalue weighted by atomic mass is 10.2. The Bertz CT molecular complexity index is 868. The van der Waals surface area contributed by atoms with Crippen molar-refractivity contribution in [3.05, 3.63) is 88.2 Å². The summed E-state index contributed by atoms with van der Waals surface area (Å²) < 4.78 is 0. The number of amides is 1. The Morgan fingerprint density at radius 3 is 2.24 bits per heavy atom. The van der Waals surface area contributed by atoms with Crippen molar-refractivity contribution in [2.24, 2.45) is 0 Å². The molecule has 0 aliphatic heterocycles. The van der Waals surface area contributed by atoms with Crippen LogP contribution in [0.15, 0.2) is 67.0 Å². The van der Waals surface area contributed by atoms with Crippen LogP contribution in [-0.2, 0) is 6.54 Å². The lowest BCUT2D eigenvalue weighted by Crippen LogP contribution is -2.11. The van der Waals surface area contributed by atoms with Crippen LogP contribution in [0, 0.1) is 0 Å². The van der Waals surface area contributed by atoms with Crippen LogP contribution in [0.2, 0.25) is 10.0 Å². The van der Waals surface area contributed by atoms with E-state index in [1.165, 1.54) is 0 Å². The fourth-order valence-electron chi connectivity index (χ4n) is 2.22. The van der Waals surface area contributed by atoms with Crippen molar-refractivity contribution in [1.82, 2.24) is 4.98 Å². The number of carbonyl (C=O) groups is 1. The van der Waals surface area contributed by atoms with Crippen LogP contribution in [0.4, 0.5) is 11.4 Å². The molecular weight excluding hydrogens is 357 g/mol. The Balaban J connectivity index is 1.60. The summed E-state index contributed by atoms with van der Waals surface area (Å²) in [5, 5.41) is 6.91. The average molecular weight is 372 g/mol. The minimum absolute atomic E-state index is 0.240. The molecule has 1 aromatic heterocycles. The third kappa shape index (κ3) is 4.72. The first-order chi connectivity index (χ1) is 12.1. The Morgan fingerprint density at radius 2 is 1.56 bits per heavy atom. The van der Waals surface area contributed by atoms with Crippen LogP contribution in [0.25, 0.3) is 0 Å². The molecule has 0 bridgehead atoms. The molecule has 0 spiro atoms. The molecular formula is C19H15Cl2N3O. The van der Waals surface area contributed by atoms with Crippen LogP contribution in [0.3, 0.4) is 0 Å². The lowest BCUT2D eigenvalue weighted by Gasteiger charge is -2.09. The number of nitrogens with one attached hydrogen (secondary N) is 2. The molecule has 3 aromatic rings. The van der Waals surface area contributed by atoms with E-state index in [-0.39, 0.29) is 5.91 Å². The van der Waals surface area contributed by atoms with Gasteiger partial charge in [-0.2, -0.15) is 0 Å². The Labute approximate surface area is 155 Å². The topological polar surface area (TPSA) is 54.0 Å². The summed E-state index contributed by atoms with van der Waals surface area (Å²) >= 11 is 11.8. The van der Waals surface area contributed by atoms with E-state index in [2.05, 4.69) is 15.6 Å². The minimum Gasteiger partial charge on any atom is -0.381 e. The highest BCUT2D eigenvalue weighted by atomic mass is 35.5. The standard InChI is InChI=1S/C19H15Cl2N3O/c20-17-6-1-14(11-18(17)21)19(25)24-16-4-2-15(3-5-16)23-12-13-7-9-22-10-8-13/h1-11,23H,12H2,(H,24,25). The average Bonchev–Trinajstić information content (AvgIpc) is 2.64. The summed E-state index contributed by atoms with van der Waals surface area (Å²) in [6, 6.07) is 16.2. The zero-order chi connectivity index (χ0) is 17.6. The van der Waals surface area contributed by atoms with E-state index in [4.69, 9.17) is 23.2 Å². The molecule has 2 N–H and O–H groups in total. The van der Waals surface area contributed by atoms with Gasteiger partial charge in [-0.3, -0.25) is 9.78 Å². The van der Waals surface area contributed by atoms with Gasteiger partial charge in [-0.25, -0.2) is 0 Å². The van der Waals surface area contributed by atoms with Gasteiger partial charge in [-0.1, -0.05) is 23.2 Å². The highest BCUT2D eigenvalue weighted by Gasteiger charge is 2.08. The summed E-state index contributed by atoms with van der Waals surface area (Å²) in [4.78, 5) is 16.2. The van der Waals surface area contributed by atoms with E-state index in [0.29, 0.717) is 27.8 Å². The molecule has 3 rings (SSSR count). The second-order valence-electron chi connectivity index (χ2n) is 5.37. The first-order valence-corrected chi connectivity index (χ1v) is 8.36. The van der Waals surface area contributed by atoms with E-state index in [9.17, 15) is 4.79 Å². The van der Waals surface area contributed by atoms with Gasteiger partial charge in [0.2, 0.25) is 0 Å². The number of pyridine rings is 1. The summed E-state index contributed by atoms with van der Waals surface area (Å²) in [6.07, 6.45) is 3.53. The van der Waals surface area contributed by atoms with Gasteiger partial charge in [0, 0.05) is 35.9 Å². The number of rotatable bonds is 5. The Kier molecular flexibility index (Phi) is 5.53. The van der Waals surface area contributed by atoms with Gasteiger partial charge in [-0.05, 0) is 60.2 Å². The van der Waals surface area contributed by atoms with Crippen molar-refractivity contribution in [2.45, 2.75) is 6.54 Å². The number of carbonyl (C=O) groups excluding carboxylic acids is 1. The molecule has 0 saturated carbocycles. The predicted octanol–water partition coefficient (Wildman–Crippen LogP) is 5.25. The van der Waals surface area contributed by atoms with Crippen molar-refractivity contribution in [3.63, 3.8) is 0 Å². The maximum absolute atomic E-state index is 12.2. The van der Waals surface area contributed by atoms with Crippen LogP contribution >= 0.6 is 23.2 Å². The van der Waals surface area contributed by atoms with Crippen molar-refractivity contribution in [1.29, 1.82) is 0 Å². The molecule has 0 fully saturated rings. The van der Waals surface area contributed by atoms with Crippen molar-refractivity contribution in [2.75, 3.05) is 10.6 Å². The summed E-state index contributed by atoms with van der Waals surface area (Å²) in [7, 11) is 0. The maximum atomic E-state index is 12.2. The smallest absolute Gasteiger partial charge is 0.255 e. The van der Waals surface area contributed by atoms with Gasteiger partial charge in [-0.15, -0.1) is 0 Å². The fourth-order valence-corrected chi connectivity index (χ4v) is 2.51. The molecule has 126 valence electrons. The van der Waals surface area contributed by atoms with Gasteiger partial charge in [0.05, 0.1) is 10.0 Å². The molecule has 0 aliphatic carbocycles. The highest BCUT2D eigenvalue weighted by Crippen LogP contribution is 2.23. The molecule has 6 heteroatoms. The first-order valence-electron chi connectivity index (χ1n) is 7.61. The van der Waals surface area contributed by atoms with E-state index >= 15 is 0 Å². The zero-order valence-corrected chi connectivity index (χ0v) is 14.7. The third-order valence-electron chi connectivity index (χ3n) is 3.57. The summed E-state index contributed by atoms with van der Waals surface area (Å²) in [5.74, 6) is -0.240. The van der Waals surface area contributed by atoms with Gasteiger partial charge in [0.25, 0.3) is 5.91 Å². The number of aromatic nitrogens is 1. The molecule has 4 nitrogen and oxygen atoms in total. The number of anilines is 2. The first kappa shape index (κ1) is 17.3. The zero-order valence-electron chi connectivity index (χ0n) is 13.2. The second kappa shape index (κ2) is 8.01. The van der Waals surface area contributed by atoms with Gasteiger partial charge >= 0.3 is 0 Å². The fraction of sp³-hybridized carbons (Fsp3) is 0.0526. The number of hydrogen-bond donors (Lipinski definition) is 2. The second-order valence-corrected chi connectivity index (χ2v) is 6.18. The molecule has 0 saturated heterocycles. The van der Waals surface area contributed by atoms with Gasteiger partial charge in [0.1, 0.15) is 0 Å². The van der Waals surface area contributed by atoms with Crippen molar-refractivity contribution < 1.29 is 4.79 Å². The summed E-state index contributed by atoms with van der Waals surface area (Å²) in [5.41, 5.74) is 3.26. The van der Waals surface area contributed by atoms with Gasteiger partial charge < -0.3 is 10.6 Å². The van der Waals surface area contributed by atoms with E-state index in [1.807, 2.05) is 36.4 Å². The number of nitrogens with zero attached hydrogens (tertiary/aromatic N) is 1. The molecule has 25 heavy (non-hydrogen) atoms. The largest absolute Gasteiger partial charge is 0.381 e. The predicted molar refractivity (Wildman–Crippen MR) is 102 cm³/mol. The number of benzene rings is 2. The SMILES string of the molecule is O=C(Nc1ccc(NCc2ccncc2)cc1)c1ccc(Cl)c(Cl)c1. The quantitative estimate of drug-likeness (QED) is 0.643. The van der Waals surface area contributed by atoms with Crippen molar-refractivity contribution in [3.8, 4) is 0 Å². The highest BCUT2D eigenvalue weighted by molar-refractivity contribution is 6.42. The molecule has 2 aromatic carbocycles. The number of halogens is 2. The normalized spacial score (nSPS) is 10.3. The van der Waals surface area contributed by atoms with E-state index in [0.717, 1.165) is 11.3 Å². The minimum atomic E-state index is -0.240. The van der Waals surface area contributed by atoms with Gasteiger partial charge in [0.15, 0.2) is 0 Å². The van der Waals surface area contributed by atoms with E-state index < -0.39 is 0 Å². The summed E-state index contributed by atoms with van der Waals surface area (Å²) in [6.45, 7) is 0.706.